The first kappa shape index (κ1) is 33.6. The van der Waals surface area contributed by atoms with Gasteiger partial charge in [0.05, 0.1) is 15.3 Å². The number of piperidine rings is 1. The zero-order valence-electron chi connectivity index (χ0n) is 25.6. The van der Waals surface area contributed by atoms with E-state index in [9.17, 15) is 9.59 Å². The van der Waals surface area contributed by atoms with Crippen LogP contribution in [0, 0.1) is 31.5 Å². The Hall–Kier alpha value is -4.27. The molecule has 4 aromatic rings. The molecule has 1 fully saturated rings. The van der Waals surface area contributed by atoms with Crippen LogP contribution < -0.4 is 10.6 Å². The summed E-state index contributed by atoms with van der Waals surface area (Å²) >= 11 is 2.56. The molecule has 8 nitrogen and oxygen atoms in total. The minimum atomic E-state index is -0.670. The lowest BCUT2D eigenvalue weighted by Gasteiger charge is -2.42. The summed E-state index contributed by atoms with van der Waals surface area (Å²) in [7, 11) is 0. The number of benzene rings is 1. The van der Waals surface area contributed by atoms with E-state index in [4.69, 9.17) is 0 Å². The Morgan fingerprint density at radius 3 is 2.47 bits per heavy atom. The van der Waals surface area contributed by atoms with Crippen LogP contribution in [0.5, 0.6) is 0 Å². The number of halogens is 1. The molecule has 0 atom stereocenters. The Morgan fingerprint density at radius 1 is 1.07 bits per heavy atom. The average molecular weight is 645 g/mol. The molecule has 45 heavy (non-hydrogen) atoms. The number of anilines is 2. The van der Waals surface area contributed by atoms with Gasteiger partial charge in [-0.3, -0.25) is 9.59 Å². The quantitative estimate of drug-likeness (QED) is 0.182. The van der Waals surface area contributed by atoms with Crippen molar-refractivity contribution < 1.29 is 14.0 Å². The maximum atomic E-state index is 15.6. The molecule has 0 spiro atoms. The molecule has 11 heteroatoms. The topological polar surface area (TPSA) is 100 Å². The van der Waals surface area contributed by atoms with Gasteiger partial charge < -0.3 is 15.5 Å². The van der Waals surface area contributed by atoms with Gasteiger partial charge in [-0.05, 0) is 55.0 Å². The summed E-state index contributed by atoms with van der Waals surface area (Å²) < 4.78 is 16.4. The van der Waals surface area contributed by atoms with Crippen molar-refractivity contribution in [3.05, 3.63) is 89.8 Å². The van der Waals surface area contributed by atoms with E-state index in [1.807, 2.05) is 56.0 Å². The second-order valence-corrected chi connectivity index (χ2v) is 13.6. The highest BCUT2D eigenvalue weighted by atomic mass is 32.2. The lowest BCUT2D eigenvalue weighted by molar-refractivity contribution is -0.133. The van der Waals surface area contributed by atoms with Crippen LogP contribution >= 0.6 is 23.1 Å². The lowest BCUT2D eigenvalue weighted by atomic mass is 9.72. The number of aromatic nitrogens is 3. The number of hydrogen-bond donors (Lipinski definition) is 2. The second kappa shape index (κ2) is 15.6. The third kappa shape index (κ3) is 8.68. The number of nitrogens with zero attached hydrogens (tertiary/aromatic N) is 4. The van der Waals surface area contributed by atoms with Crippen molar-refractivity contribution in [1.82, 2.24) is 25.2 Å². The molecule has 1 aliphatic rings. The number of aryl methyl sites for hydroxylation is 1. The molecule has 1 aromatic carbocycles. The van der Waals surface area contributed by atoms with Crippen LogP contribution in [-0.2, 0) is 10.2 Å². The van der Waals surface area contributed by atoms with Gasteiger partial charge in [0.15, 0.2) is 16.6 Å². The first-order valence-corrected chi connectivity index (χ1v) is 16.3. The van der Waals surface area contributed by atoms with Crippen molar-refractivity contribution in [3.63, 3.8) is 0 Å². The number of terminal acetylenes is 1. The molecule has 0 radical (unpaired) electrons. The summed E-state index contributed by atoms with van der Waals surface area (Å²) in [5.41, 5.74) is 1.56. The fourth-order valence-electron chi connectivity index (χ4n) is 5.20. The summed E-state index contributed by atoms with van der Waals surface area (Å²) in [5, 5.41) is 6.77. The number of pyridine rings is 2. The fraction of sp³-hybridized carbons (Fsp3) is 0.324. The average Bonchev–Trinajstić information content (AvgIpc) is 3.48. The monoisotopic (exact) mass is 644 g/mol. The summed E-state index contributed by atoms with van der Waals surface area (Å²) in [6.07, 6.45) is 14.8. The summed E-state index contributed by atoms with van der Waals surface area (Å²) in [6.45, 7) is 7.61. The minimum Gasteiger partial charge on any atom is -0.350 e. The van der Waals surface area contributed by atoms with Crippen LogP contribution in [0.1, 0.15) is 54.7 Å². The molecule has 0 bridgehead atoms. The van der Waals surface area contributed by atoms with Gasteiger partial charge in [-0.25, -0.2) is 19.3 Å². The van der Waals surface area contributed by atoms with Crippen LogP contribution in [-0.4, -0.2) is 51.3 Å². The zero-order valence-corrected chi connectivity index (χ0v) is 27.3. The smallest absolute Gasteiger partial charge is 0.273 e. The largest absolute Gasteiger partial charge is 0.350 e. The first-order chi connectivity index (χ1) is 21.7. The molecule has 2 N–H and O–H groups in total. The van der Waals surface area contributed by atoms with Crippen molar-refractivity contribution >= 4 is 45.9 Å². The van der Waals surface area contributed by atoms with Crippen molar-refractivity contribution in [2.24, 2.45) is 5.92 Å². The summed E-state index contributed by atoms with van der Waals surface area (Å²) in [6, 6.07) is 15.4. The highest BCUT2D eigenvalue weighted by molar-refractivity contribution is 8.01. The standard InChI is InChI=1S/C32H35FN6O2S2.C2H2/c1-21(2)17-26(40)39-15-11-32(12-16-39,23-7-5-4-6-8-23)20-37-30(41)29-28(33)24(10-14-35-29)42-27-19-36-31(43-27)38-25-18-22(3)9-13-34-25;1-2/h4-10,13-14,18-19,21H,11-12,15-17,20H2,1-3H3,(H,37,41)(H,34,36,38);1-2H. The fourth-order valence-corrected chi connectivity index (χ4v) is 7.07. The van der Waals surface area contributed by atoms with Gasteiger partial charge in [0, 0.05) is 43.9 Å². The molecule has 234 valence electrons. The van der Waals surface area contributed by atoms with E-state index in [-0.39, 0.29) is 17.0 Å². The van der Waals surface area contributed by atoms with E-state index in [1.165, 1.54) is 29.3 Å². The Balaban J connectivity index is 0.00000226. The third-order valence-corrected chi connectivity index (χ3v) is 9.59. The molecule has 1 aliphatic heterocycles. The molecule has 3 aromatic heterocycles. The SMILES string of the molecule is C#C.Cc1ccnc(Nc2ncc(Sc3ccnc(C(=O)NCC4(c5ccccc5)CCN(C(=O)CC(C)C)CC4)c3F)s2)c1. The summed E-state index contributed by atoms with van der Waals surface area (Å²) in [5.74, 6) is -0.0884. The number of carbonyl (C=O) groups excluding carboxylic acids is 2. The van der Waals surface area contributed by atoms with Gasteiger partial charge in [-0.1, -0.05) is 67.3 Å². The number of amides is 2. The predicted molar refractivity (Wildman–Crippen MR) is 178 cm³/mol. The van der Waals surface area contributed by atoms with Crippen LogP contribution in [0.4, 0.5) is 15.3 Å². The third-order valence-electron chi connectivity index (χ3n) is 7.54. The van der Waals surface area contributed by atoms with Crippen LogP contribution in [0.25, 0.3) is 0 Å². The minimum absolute atomic E-state index is 0.164. The number of rotatable bonds is 10. The van der Waals surface area contributed by atoms with E-state index in [0.717, 1.165) is 15.3 Å². The molecular formula is C34H37FN6O2S2. The van der Waals surface area contributed by atoms with E-state index in [2.05, 4.69) is 50.6 Å². The molecule has 1 saturated heterocycles. The van der Waals surface area contributed by atoms with Crippen LogP contribution in [0.3, 0.4) is 0 Å². The van der Waals surface area contributed by atoms with Crippen LogP contribution in [0.2, 0.25) is 0 Å². The zero-order chi connectivity index (χ0) is 32.4. The van der Waals surface area contributed by atoms with Crippen molar-refractivity contribution in [3.8, 4) is 12.8 Å². The Labute approximate surface area is 272 Å². The van der Waals surface area contributed by atoms with E-state index < -0.39 is 11.7 Å². The van der Waals surface area contributed by atoms with Gasteiger partial charge in [0.25, 0.3) is 5.91 Å². The van der Waals surface area contributed by atoms with E-state index >= 15 is 4.39 Å². The van der Waals surface area contributed by atoms with Gasteiger partial charge in [-0.2, -0.15) is 0 Å². The van der Waals surface area contributed by atoms with Gasteiger partial charge >= 0.3 is 0 Å². The second-order valence-electron chi connectivity index (χ2n) is 11.2. The van der Waals surface area contributed by atoms with Gasteiger partial charge in [-0.15, -0.1) is 12.8 Å². The highest BCUT2D eigenvalue weighted by Crippen LogP contribution is 2.37. The van der Waals surface area contributed by atoms with Gasteiger partial charge in [0.2, 0.25) is 5.91 Å². The lowest BCUT2D eigenvalue weighted by Crippen LogP contribution is -2.50. The Morgan fingerprint density at radius 2 is 1.78 bits per heavy atom. The van der Waals surface area contributed by atoms with Crippen molar-refractivity contribution in [2.75, 3.05) is 25.0 Å². The molecule has 5 rings (SSSR count). The number of hydrogen-bond acceptors (Lipinski definition) is 8. The molecule has 2 amide bonds. The molecule has 4 heterocycles. The number of carbonyl (C=O) groups is 2. The molecule has 0 unspecified atom stereocenters. The predicted octanol–water partition coefficient (Wildman–Crippen LogP) is 6.86. The number of nitrogens with one attached hydrogen (secondary N) is 2. The van der Waals surface area contributed by atoms with E-state index in [1.54, 1.807) is 18.5 Å². The maximum absolute atomic E-state index is 15.6. The van der Waals surface area contributed by atoms with Crippen LogP contribution in [0.15, 0.2) is 76.2 Å². The molecular weight excluding hydrogens is 608 g/mol. The maximum Gasteiger partial charge on any atom is 0.273 e. The Bertz CT molecular complexity index is 1620. The van der Waals surface area contributed by atoms with Crippen molar-refractivity contribution in [2.45, 2.75) is 54.6 Å². The van der Waals surface area contributed by atoms with E-state index in [0.29, 0.717) is 60.7 Å². The van der Waals surface area contributed by atoms with Gasteiger partial charge in [0.1, 0.15) is 5.82 Å². The van der Waals surface area contributed by atoms with Crippen molar-refractivity contribution in [1.29, 1.82) is 0 Å². The summed E-state index contributed by atoms with van der Waals surface area (Å²) in [4.78, 5) is 41.0. The first-order valence-electron chi connectivity index (χ1n) is 14.6. The molecule has 0 saturated carbocycles. The Kier molecular flexibility index (Phi) is 11.7. The normalized spacial score (nSPS) is 13.9. The molecule has 0 aliphatic carbocycles. The number of likely N-dealkylation sites (tertiary alicyclic amines) is 1. The highest BCUT2D eigenvalue weighted by Gasteiger charge is 2.38. The number of thiazole rings is 1.